The third-order valence-corrected chi connectivity index (χ3v) is 3.71. The summed E-state index contributed by atoms with van der Waals surface area (Å²) in [7, 11) is 0. The van der Waals surface area contributed by atoms with Gasteiger partial charge < -0.3 is 9.26 Å². The Hall–Kier alpha value is -1.58. The van der Waals surface area contributed by atoms with Crippen molar-refractivity contribution in [1.29, 1.82) is 0 Å². The quantitative estimate of drug-likeness (QED) is 0.572. The zero-order valence-electron chi connectivity index (χ0n) is 14.8. The van der Waals surface area contributed by atoms with Crippen LogP contribution in [0.5, 0.6) is 0 Å². The molecule has 27 heavy (non-hydrogen) atoms. The molecular weight excluding hydrogens is 382 g/mol. The van der Waals surface area contributed by atoms with Crippen LogP contribution in [0, 0.1) is 70.6 Å². The SMILES string of the molecule is Cc1ccc(-c2cc(COC(=O)[C]3[CH][CH][CH][CH]3)on2)cc1.[CH]1[CH][CH][CH][CH]1.[Fe+3]. The molecule has 0 aliphatic heterocycles. The molecule has 1 aromatic carbocycles. The van der Waals surface area contributed by atoms with Gasteiger partial charge in [-0.15, -0.1) is 0 Å². The Morgan fingerprint density at radius 2 is 1.56 bits per heavy atom. The van der Waals surface area contributed by atoms with E-state index in [1.54, 1.807) is 31.7 Å². The summed E-state index contributed by atoms with van der Waals surface area (Å²) in [5.41, 5.74) is 2.89. The standard InChI is InChI=1S/C17H14NO3.C5H5.Fe/c1-12-6-8-13(9-7-12)16-10-15(21-18-16)11-20-17(19)14-4-2-3-5-14;1-2-4-5-3-1;/h2-10H,11H2,1H3;1-5H;/q;;+3. The number of rotatable bonds is 4. The van der Waals surface area contributed by atoms with Gasteiger partial charge in [0.2, 0.25) is 0 Å². The average Bonchev–Trinajstić information content (AvgIpc) is 3.45. The monoisotopic (exact) mass is 401 g/mol. The summed E-state index contributed by atoms with van der Waals surface area (Å²) in [6.45, 7) is 2.10. The van der Waals surface area contributed by atoms with Crippen LogP contribution in [0.25, 0.3) is 11.3 Å². The zero-order chi connectivity index (χ0) is 18.2. The van der Waals surface area contributed by atoms with E-state index in [9.17, 15) is 4.79 Å². The van der Waals surface area contributed by atoms with Gasteiger partial charge in [-0.2, -0.15) is 0 Å². The van der Waals surface area contributed by atoms with Crippen molar-refractivity contribution in [3.8, 4) is 11.3 Å². The van der Waals surface area contributed by atoms with E-state index in [1.165, 1.54) is 5.56 Å². The van der Waals surface area contributed by atoms with Crippen LogP contribution in [0.2, 0.25) is 0 Å². The van der Waals surface area contributed by atoms with E-state index in [4.69, 9.17) is 9.26 Å². The van der Waals surface area contributed by atoms with Gasteiger partial charge in [-0.05, 0) is 64.7 Å². The molecule has 0 N–H and O–H groups in total. The van der Waals surface area contributed by atoms with Gasteiger partial charge in [0.25, 0.3) is 0 Å². The maximum absolute atomic E-state index is 11.7. The van der Waals surface area contributed by atoms with Crippen molar-refractivity contribution in [2.24, 2.45) is 0 Å². The molecule has 2 saturated carbocycles. The molecule has 0 unspecified atom stereocenters. The summed E-state index contributed by atoms with van der Waals surface area (Å²) in [5.74, 6) is 0.687. The Balaban J connectivity index is 0.000000379. The summed E-state index contributed by atoms with van der Waals surface area (Å²) in [6.07, 6.45) is 17.0. The number of carbonyl (C=O) groups excluding carboxylic acids is 1. The van der Waals surface area contributed by atoms with Crippen LogP contribution < -0.4 is 0 Å². The van der Waals surface area contributed by atoms with E-state index >= 15 is 0 Å². The van der Waals surface area contributed by atoms with Gasteiger partial charge in [-0.25, -0.2) is 0 Å². The summed E-state index contributed by atoms with van der Waals surface area (Å²) in [5, 5.41) is 3.99. The van der Waals surface area contributed by atoms with Crippen LogP contribution in [-0.4, -0.2) is 11.1 Å². The van der Waals surface area contributed by atoms with Gasteiger partial charge in [0, 0.05) is 11.6 Å². The van der Waals surface area contributed by atoms with Crippen molar-refractivity contribution < 1.29 is 31.1 Å². The van der Waals surface area contributed by atoms with Gasteiger partial charge >= 0.3 is 23.0 Å². The molecule has 1 aromatic heterocycles. The van der Waals surface area contributed by atoms with Crippen molar-refractivity contribution in [3.05, 3.63) is 105 Å². The topological polar surface area (TPSA) is 52.3 Å². The van der Waals surface area contributed by atoms with Crippen LogP contribution in [0.1, 0.15) is 11.3 Å². The van der Waals surface area contributed by atoms with E-state index in [2.05, 4.69) is 5.16 Å². The number of aromatic nitrogens is 1. The fourth-order valence-corrected chi connectivity index (χ4v) is 2.29. The third kappa shape index (κ3) is 6.82. The number of aryl methyl sites for hydroxylation is 1. The first-order chi connectivity index (χ1) is 12.7. The second-order valence-electron chi connectivity index (χ2n) is 5.76. The molecule has 11 radical (unpaired) electrons. The minimum Gasteiger partial charge on any atom is -0.457 e. The van der Waals surface area contributed by atoms with Crippen molar-refractivity contribution in [1.82, 2.24) is 5.16 Å². The van der Waals surface area contributed by atoms with E-state index in [1.807, 2.05) is 63.3 Å². The Labute approximate surface area is 172 Å². The van der Waals surface area contributed by atoms with E-state index in [0.717, 1.165) is 11.3 Å². The van der Waals surface area contributed by atoms with E-state index < -0.39 is 0 Å². The van der Waals surface area contributed by atoms with Crippen LogP contribution in [0.15, 0.2) is 34.9 Å². The summed E-state index contributed by atoms with van der Waals surface area (Å²) >= 11 is 0. The van der Waals surface area contributed by atoms with E-state index in [-0.39, 0.29) is 29.6 Å². The maximum atomic E-state index is 11.7. The molecule has 0 spiro atoms. The molecule has 2 aliphatic carbocycles. The Bertz CT molecular complexity index is 678. The molecule has 4 nitrogen and oxygen atoms in total. The largest absolute Gasteiger partial charge is 3.00 e. The van der Waals surface area contributed by atoms with Gasteiger partial charge in [-0.3, -0.25) is 4.79 Å². The molecule has 2 aromatic rings. The first kappa shape index (κ1) is 21.7. The first-order valence-corrected chi connectivity index (χ1v) is 8.30. The van der Waals surface area contributed by atoms with Gasteiger partial charge in [0.15, 0.2) is 12.4 Å². The molecule has 0 saturated heterocycles. The predicted octanol–water partition coefficient (Wildman–Crippen LogP) is 4.12. The Morgan fingerprint density at radius 1 is 0.963 bits per heavy atom. The summed E-state index contributed by atoms with van der Waals surface area (Å²) in [4.78, 5) is 11.7. The molecule has 135 valence electrons. The number of hydrogen-bond acceptors (Lipinski definition) is 4. The Kier molecular flexibility index (Phi) is 9.09. The summed E-state index contributed by atoms with van der Waals surface area (Å²) in [6, 6.07) is 9.76. The normalized spacial score (nSPS) is 16.3. The molecule has 2 fully saturated rings. The second-order valence-corrected chi connectivity index (χ2v) is 5.76. The molecule has 0 bridgehead atoms. The summed E-state index contributed by atoms with van der Waals surface area (Å²) < 4.78 is 10.4. The van der Waals surface area contributed by atoms with Crippen LogP contribution in [0.4, 0.5) is 0 Å². The predicted molar refractivity (Wildman–Crippen MR) is 98.4 cm³/mol. The van der Waals surface area contributed by atoms with E-state index in [0.29, 0.717) is 11.7 Å². The Morgan fingerprint density at radius 3 is 2.15 bits per heavy atom. The molecule has 1 heterocycles. The second kappa shape index (κ2) is 11.3. The first-order valence-electron chi connectivity index (χ1n) is 8.30. The molecule has 5 heteroatoms. The van der Waals surface area contributed by atoms with Gasteiger partial charge in [0.05, 0.1) is 5.92 Å². The minimum atomic E-state index is -0.367. The number of nitrogens with zero attached hydrogens (tertiary/aromatic N) is 1. The van der Waals surface area contributed by atoms with Crippen molar-refractivity contribution >= 4 is 5.97 Å². The van der Waals surface area contributed by atoms with Gasteiger partial charge in [-0.1, -0.05) is 35.0 Å². The molecule has 0 atom stereocenters. The van der Waals surface area contributed by atoms with Crippen LogP contribution >= 0.6 is 0 Å². The third-order valence-electron chi connectivity index (χ3n) is 3.71. The molecular formula is C22H19FeNO3+3. The smallest absolute Gasteiger partial charge is 0.457 e. The minimum absolute atomic E-state index is 0. The number of benzene rings is 1. The maximum Gasteiger partial charge on any atom is 3.00 e. The number of carbonyl (C=O) groups is 1. The fourth-order valence-electron chi connectivity index (χ4n) is 2.29. The van der Waals surface area contributed by atoms with Crippen molar-refractivity contribution in [2.75, 3.05) is 0 Å². The number of hydrogen-bond donors (Lipinski definition) is 0. The average molecular weight is 401 g/mol. The molecule has 2 aliphatic rings. The fraction of sp³-hybridized carbons (Fsp3) is 0.0909. The molecule has 4 rings (SSSR count). The number of ether oxygens (including phenoxy) is 1. The van der Waals surface area contributed by atoms with Crippen molar-refractivity contribution in [2.45, 2.75) is 13.5 Å². The molecule has 0 amide bonds. The van der Waals surface area contributed by atoms with Gasteiger partial charge in [0.1, 0.15) is 5.69 Å². The number of esters is 1. The zero-order valence-corrected chi connectivity index (χ0v) is 15.9. The van der Waals surface area contributed by atoms with Crippen LogP contribution in [0.3, 0.4) is 0 Å². The van der Waals surface area contributed by atoms with Crippen molar-refractivity contribution in [3.63, 3.8) is 0 Å². The van der Waals surface area contributed by atoms with Crippen LogP contribution in [-0.2, 0) is 33.2 Å².